The topological polar surface area (TPSA) is 119 Å². The van der Waals surface area contributed by atoms with E-state index in [2.05, 4.69) is 10.2 Å². The predicted octanol–water partition coefficient (Wildman–Crippen LogP) is 3.38. The van der Waals surface area contributed by atoms with Crippen LogP contribution in [-0.4, -0.2) is 40.3 Å². The molecule has 2 aromatic rings. The molecule has 0 bridgehead atoms. The lowest BCUT2D eigenvalue weighted by atomic mass is 10.0. The molecule has 0 aliphatic carbocycles. The number of carbonyl (C=O) groups is 1. The van der Waals surface area contributed by atoms with Crippen molar-refractivity contribution in [1.82, 2.24) is 10.2 Å². The van der Waals surface area contributed by atoms with Gasteiger partial charge < -0.3 is 5.32 Å². The van der Waals surface area contributed by atoms with E-state index in [-0.39, 0.29) is 17.2 Å². The van der Waals surface area contributed by atoms with Crippen LogP contribution in [0.2, 0.25) is 0 Å². The Morgan fingerprint density at radius 1 is 1.07 bits per heavy atom. The van der Waals surface area contributed by atoms with Crippen LogP contribution in [0.1, 0.15) is 40.4 Å². The zero-order valence-electron chi connectivity index (χ0n) is 16.0. The zero-order valence-corrected chi connectivity index (χ0v) is 16.0. The van der Waals surface area contributed by atoms with E-state index in [0.29, 0.717) is 6.54 Å². The molecule has 29 heavy (non-hydrogen) atoms. The Bertz CT molecular complexity index is 891. The summed E-state index contributed by atoms with van der Waals surface area (Å²) in [5, 5.41) is 25.3. The first-order valence-electron chi connectivity index (χ1n) is 9.39. The Morgan fingerprint density at radius 3 is 2.14 bits per heavy atom. The highest BCUT2D eigenvalue weighted by Crippen LogP contribution is 2.30. The fourth-order valence-corrected chi connectivity index (χ4v) is 3.67. The molecule has 1 fully saturated rings. The minimum atomic E-state index is -0.712. The quantitative estimate of drug-likeness (QED) is 0.564. The van der Waals surface area contributed by atoms with E-state index in [1.807, 2.05) is 30.3 Å². The Kier molecular flexibility index (Phi) is 6.18. The zero-order chi connectivity index (χ0) is 21.0. The first kappa shape index (κ1) is 20.4. The molecular formula is C20H22N4O5. The normalized spacial score (nSPS) is 15.1. The molecule has 152 valence electrons. The lowest BCUT2D eigenvalue weighted by molar-refractivity contribution is -0.395. The Labute approximate surface area is 167 Å². The molecular weight excluding hydrogens is 376 g/mol. The molecule has 1 aliphatic heterocycles. The number of nitro benzene ring substituents is 2. The third kappa shape index (κ3) is 4.57. The molecule has 9 nitrogen and oxygen atoms in total. The first-order chi connectivity index (χ1) is 13.9. The van der Waals surface area contributed by atoms with Gasteiger partial charge in [-0.15, -0.1) is 0 Å². The van der Waals surface area contributed by atoms with Crippen molar-refractivity contribution in [3.05, 3.63) is 79.4 Å². The van der Waals surface area contributed by atoms with Crippen molar-refractivity contribution in [3.63, 3.8) is 0 Å². The summed E-state index contributed by atoms with van der Waals surface area (Å²) in [4.78, 5) is 36.0. The highest BCUT2D eigenvalue weighted by atomic mass is 16.6. The highest BCUT2D eigenvalue weighted by Gasteiger charge is 2.27. The summed E-state index contributed by atoms with van der Waals surface area (Å²) in [6.45, 7) is 3.46. The molecule has 0 spiro atoms. The first-order valence-corrected chi connectivity index (χ1v) is 9.39. The molecule has 1 saturated heterocycles. The van der Waals surface area contributed by atoms with Crippen molar-refractivity contribution >= 4 is 17.3 Å². The Balaban J connectivity index is 1.83. The molecule has 2 aromatic carbocycles. The van der Waals surface area contributed by atoms with Crippen LogP contribution in [0.25, 0.3) is 0 Å². The summed E-state index contributed by atoms with van der Waals surface area (Å²) < 4.78 is 0. The van der Waals surface area contributed by atoms with E-state index in [9.17, 15) is 25.0 Å². The standard InChI is InChI=1S/C20H22N4O5/c1-14-17(23(26)27)11-16(12-18(14)24(28)29)20(25)21-13-19(22-9-5-6-10-22)15-7-3-2-4-8-15/h2-4,7-8,11-12,19H,5-6,9-10,13H2,1H3,(H,21,25). The Morgan fingerprint density at radius 2 is 1.62 bits per heavy atom. The van der Waals surface area contributed by atoms with Crippen LogP contribution in [0.3, 0.4) is 0 Å². The lowest BCUT2D eigenvalue weighted by Gasteiger charge is -2.28. The van der Waals surface area contributed by atoms with Crippen LogP contribution in [0.4, 0.5) is 11.4 Å². The van der Waals surface area contributed by atoms with Crippen molar-refractivity contribution < 1.29 is 14.6 Å². The minimum Gasteiger partial charge on any atom is -0.350 e. The van der Waals surface area contributed by atoms with Crippen molar-refractivity contribution in [2.24, 2.45) is 0 Å². The van der Waals surface area contributed by atoms with Gasteiger partial charge in [0, 0.05) is 18.7 Å². The smallest absolute Gasteiger partial charge is 0.279 e. The minimum absolute atomic E-state index is 0.0296. The van der Waals surface area contributed by atoms with Gasteiger partial charge in [-0.1, -0.05) is 30.3 Å². The van der Waals surface area contributed by atoms with Crippen molar-refractivity contribution in [3.8, 4) is 0 Å². The van der Waals surface area contributed by atoms with Crippen molar-refractivity contribution in [1.29, 1.82) is 0 Å². The third-order valence-corrected chi connectivity index (χ3v) is 5.23. The van der Waals surface area contributed by atoms with Gasteiger partial charge in [0.05, 0.1) is 21.5 Å². The van der Waals surface area contributed by atoms with Gasteiger partial charge in [-0.3, -0.25) is 29.9 Å². The average Bonchev–Trinajstić information content (AvgIpc) is 3.23. The maximum Gasteiger partial charge on any atom is 0.279 e. The predicted molar refractivity (Wildman–Crippen MR) is 107 cm³/mol. The molecule has 1 aliphatic rings. The van der Waals surface area contributed by atoms with E-state index in [1.165, 1.54) is 6.92 Å². The van der Waals surface area contributed by atoms with E-state index in [0.717, 1.165) is 43.6 Å². The maximum atomic E-state index is 12.7. The van der Waals surface area contributed by atoms with E-state index < -0.39 is 27.1 Å². The molecule has 0 saturated carbocycles. The number of nitro groups is 2. The summed E-state index contributed by atoms with van der Waals surface area (Å²) in [5.41, 5.74) is 0.0144. The van der Waals surface area contributed by atoms with Crippen LogP contribution in [0.15, 0.2) is 42.5 Å². The van der Waals surface area contributed by atoms with Gasteiger partial charge in [-0.05, 0) is 38.4 Å². The number of likely N-dealkylation sites (tertiary alicyclic amines) is 1. The lowest BCUT2D eigenvalue weighted by Crippen LogP contribution is -2.36. The van der Waals surface area contributed by atoms with Gasteiger partial charge in [0.15, 0.2) is 0 Å². The summed E-state index contributed by atoms with van der Waals surface area (Å²) >= 11 is 0. The van der Waals surface area contributed by atoms with Crippen LogP contribution in [-0.2, 0) is 0 Å². The van der Waals surface area contributed by atoms with Crippen molar-refractivity contribution in [2.45, 2.75) is 25.8 Å². The molecule has 1 N–H and O–H groups in total. The number of amides is 1. The molecule has 3 rings (SSSR count). The fourth-order valence-electron chi connectivity index (χ4n) is 3.67. The average molecular weight is 398 g/mol. The highest BCUT2D eigenvalue weighted by molar-refractivity contribution is 5.96. The summed E-state index contributed by atoms with van der Waals surface area (Å²) in [7, 11) is 0. The number of hydrogen-bond acceptors (Lipinski definition) is 6. The molecule has 0 radical (unpaired) electrons. The van der Waals surface area contributed by atoms with Crippen LogP contribution >= 0.6 is 0 Å². The van der Waals surface area contributed by atoms with Gasteiger partial charge in [0.1, 0.15) is 5.56 Å². The van der Waals surface area contributed by atoms with Gasteiger partial charge in [0.2, 0.25) is 0 Å². The number of benzene rings is 2. The number of rotatable bonds is 7. The van der Waals surface area contributed by atoms with E-state index in [4.69, 9.17) is 0 Å². The number of nitrogens with zero attached hydrogens (tertiary/aromatic N) is 3. The second kappa shape index (κ2) is 8.78. The number of nitrogens with one attached hydrogen (secondary N) is 1. The fraction of sp³-hybridized carbons (Fsp3) is 0.350. The SMILES string of the molecule is Cc1c([N+](=O)[O-])cc(C(=O)NCC(c2ccccc2)N2CCCC2)cc1[N+](=O)[O-]. The molecule has 1 amide bonds. The molecule has 1 atom stereocenters. The summed E-state index contributed by atoms with van der Waals surface area (Å²) in [6, 6.07) is 11.9. The molecule has 0 aromatic heterocycles. The monoisotopic (exact) mass is 398 g/mol. The van der Waals surface area contributed by atoms with Gasteiger partial charge in [-0.25, -0.2) is 0 Å². The number of hydrogen-bond donors (Lipinski definition) is 1. The summed E-state index contributed by atoms with van der Waals surface area (Å²) in [5.74, 6) is -0.573. The van der Waals surface area contributed by atoms with E-state index >= 15 is 0 Å². The Hall–Kier alpha value is -3.33. The molecule has 9 heteroatoms. The van der Waals surface area contributed by atoms with Crippen LogP contribution < -0.4 is 5.32 Å². The van der Waals surface area contributed by atoms with Crippen LogP contribution in [0.5, 0.6) is 0 Å². The molecule has 1 unspecified atom stereocenters. The third-order valence-electron chi connectivity index (χ3n) is 5.23. The van der Waals surface area contributed by atoms with Gasteiger partial charge in [-0.2, -0.15) is 0 Å². The second-order valence-electron chi connectivity index (χ2n) is 7.03. The van der Waals surface area contributed by atoms with Gasteiger partial charge >= 0.3 is 0 Å². The maximum absolute atomic E-state index is 12.7. The summed E-state index contributed by atoms with van der Waals surface area (Å²) in [6.07, 6.45) is 2.18. The number of carbonyl (C=O) groups excluding carboxylic acids is 1. The van der Waals surface area contributed by atoms with E-state index in [1.54, 1.807) is 0 Å². The second-order valence-corrected chi connectivity index (χ2v) is 7.03. The van der Waals surface area contributed by atoms with Crippen molar-refractivity contribution in [2.75, 3.05) is 19.6 Å². The van der Waals surface area contributed by atoms with Crippen LogP contribution in [0, 0.1) is 27.2 Å². The molecule has 1 heterocycles. The largest absolute Gasteiger partial charge is 0.350 e. The van der Waals surface area contributed by atoms with Gasteiger partial charge in [0.25, 0.3) is 17.3 Å².